The van der Waals surface area contributed by atoms with E-state index in [1.807, 2.05) is 0 Å². The van der Waals surface area contributed by atoms with E-state index in [4.69, 9.17) is 16.3 Å². The van der Waals surface area contributed by atoms with Gasteiger partial charge in [0.15, 0.2) is 0 Å². The molecule has 6 nitrogen and oxygen atoms in total. The first-order chi connectivity index (χ1) is 12.6. The molecule has 1 N–H and O–H groups in total. The Bertz CT molecular complexity index is 804. The SMILES string of the molecule is CC(C)(C)OC(=O)NC(c1ccc(Br)cc1)C(c1ccc(Cl)cc1)[N+](=O)[O-]. The molecule has 2 aromatic carbocycles. The van der Waals surface area contributed by atoms with Gasteiger partial charge in [0.05, 0.1) is 0 Å². The zero-order valence-electron chi connectivity index (χ0n) is 15.1. The van der Waals surface area contributed by atoms with E-state index in [1.54, 1.807) is 69.3 Å². The first-order valence-corrected chi connectivity index (χ1v) is 9.38. The number of amides is 1. The van der Waals surface area contributed by atoms with Crippen LogP contribution in [-0.4, -0.2) is 16.6 Å². The van der Waals surface area contributed by atoms with Crippen LogP contribution in [-0.2, 0) is 4.74 Å². The number of nitrogens with zero attached hydrogens (tertiary/aromatic N) is 1. The number of halogens is 2. The fraction of sp³-hybridized carbons (Fsp3) is 0.316. The second-order valence-corrected chi connectivity index (χ2v) is 8.31. The third kappa shape index (κ3) is 6.22. The van der Waals surface area contributed by atoms with Crippen LogP contribution >= 0.6 is 27.5 Å². The number of alkyl carbamates (subject to hydrolysis) is 1. The highest BCUT2D eigenvalue weighted by molar-refractivity contribution is 9.10. The molecule has 8 heteroatoms. The van der Waals surface area contributed by atoms with Crippen LogP contribution in [0.15, 0.2) is 53.0 Å². The molecule has 1 amide bonds. The Hall–Kier alpha value is -2.12. The fourth-order valence-electron chi connectivity index (χ4n) is 2.55. The monoisotopic (exact) mass is 454 g/mol. The lowest BCUT2D eigenvalue weighted by atomic mass is 9.94. The summed E-state index contributed by atoms with van der Waals surface area (Å²) in [4.78, 5) is 23.8. The highest BCUT2D eigenvalue weighted by Crippen LogP contribution is 2.33. The van der Waals surface area contributed by atoms with E-state index in [-0.39, 0.29) is 0 Å². The molecule has 0 saturated heterocycles. The summed E-state index contributed by atoms with van der Waals surface area (Å²) in [6.45, 7) is 5.18. The number of ether oxygens (including phenoxy) is 1. The lowest BCUT2D eigenvalue weighted by Crippen LogP contribution is -2.39. The van der Waals surface area contributed by atoms with Crippen LogP contribution in [0.5, 0.6) is 0 Å². The summed E-state index contributed by atoms with van der Waals surface area (Å²) in [5.74, 6) is 0. The highest BCUT2D eigenvalue weighted by Gasteiger charge is 2.36. The Labute approximate surface area is 171 Å². The Kier molecular flexibility index (Phi) is 6.84. The molecule has 0 spiro atoms. The molecule has 0 bridgehead atoms. The maximum atomic E-state index is 12.3. The van der Waals surface area contributed by atoms with E-state index in [2.05, 4.69) is 21.2 Å². The van der Waals surface area contributed by atoms with Crippen LogP contribution in [0.25, 0.3) is 0 Å². The summed E-state index contributed by atoms with van der Waals surface area (Å²) in [6, 6.07) is 11.2. The molecule has 0 saturated carbocycles. The first kappa shape index (κ1) is 21.2. The van der Waals surface area contributed by atoms with Crippen molar-refractivity contribution < 1.29 is 14.5 Å². The molecule has 2 aromatic rings. The molecule has 144 valence electrons. The Balaban J connectivity index is 2.44. The Morgan fingerprint density at radius 3 is 2.11 bits per heavy atom. The largest absolute Gasteiger partial charge is 0.444 e. The van der Waals surface area contributed by atoms with Crippen LogP contribution in [0.3, 0.4) is 0 Å². The average molecular weight is 456 g/mol. The zero-order valence-corrected chi connectivity index (χ0v) is 17.5. The van der Waals surface area contributed by atoms with Crippen molar-refractivity contribution in [2.24, 2.45) is 0 Å². The van der Waals surface area contributed by atoms with Gasteiger partial charge in [-0.25, -0.2) is 4.79 Å². The van der Waals surface area contributed by atoms with Crippen LogP contribution in [0.1, 0.15) is 44.0 Å². The molecule has 0 aliphatic rings. The Morgan fingerprint density at radius 2 is 1.63 bits per heavy atom. The number of rotatable bonds is 5. The summed E-state index contributed by atoms with van der Waals surface area (Å²) in [5.41, 5.74) is 0.285. The standard InChI is InChI=1S/C19H20BrClN2O4/c1-19(2,3)27-18(24)22-16(12-4-8-14(20)9-5-12)17(23(25)26)13-6-10-15(21)11-7-13/h4-11,16-17H,1-3H3,(H,22,24). The van der Waals surface area contributed by atoms with Gasteiger partial charge in [0, 0.05) is 20.0 Å². The predicted octanol–water partition coefficient (Wildman–Crippen LogP) is 5.69. The molecule has 0 radical (unpaired) electrons. The summed E-state index contributed by atoms with van der Waals surface area (Å²) in [7, 11) is 0. The molecule has 2 atom stereocenters. The van der Waals surface area contributed by atoms with E-state index in [0.29, 0.717) is 16.1 Å². The van der Waals surface area contributed by atoms with Gasteiger partial charge in [-0.1, -0.05) is 51.8 Å². The normalized spacial score (nSPS) is 13.5. The van der Waals surface area contributed by atoms with Gasteiger partial charge in [-0.15, -0.1) is 0 Å². The van der Waals surface area contributed by atoms with E-state index in [9.17, 15) is 14.9 Å². The zero-order chi connectivity index (χ0) is 20.2. The van der Waals surface area contributed by atoms with E-state index < -0.39 is 28.7 Å². The minimum absolute atomic E-state index is 0.423. The summed E-state index contributed by atoms with van der Waals surface area (Å²) >= 11 is 9.25. The minimum Gasteiger partial charge on any atom is -0.444 e. The van der Waals surface area contributed by atoms with Crippen LogP contribution in [0.4, 0.5) is 4.79 Å². The second kappa shape index (κ2) is 8.71. The van der Waals surface area contributed by atoms with Crippen molar-refractivity contribution in [1.29, 1.82) is 0 Å². The summed E-state index contributed by atoms with van der Waals surface area (Å²) in [6.07, 6.45) is -0.726. The number of nitro groups is 1. The number of carbonyl (C=O) groups is 1. The summed E-state index contributed by atoms with van der Waals surface area (Å²) < 4.78 is 6.12. The van der Waals surface area contributed by atoms with Gasteiger partial charge in [0.1, 0.15) is 11.6 Å². The smallest absolute Gasteiger partial charge is 0.408 e. The van der Waals surface area contributed by atoms with Gasteiger partial charge >= 0.3 is 6.09 Å². The molecule has 2 unspecified atom stereocenters. The van der Waals surface area contributed by atoms with E-state index in [0.717, 1.165) is 4.47 Å². The fourth-order valence-corrected chi connectivity index (χ4v) is 2.94. The highest BCUT2D eigenvalue weighted by atomic mass is 79.9. The van der Waals surface area contributed by atoms with E-state index in [1.165, 1.54) is 0 Å². The van der Waals surface area contributed by atoms with Gasteiger partial charge in [-0.3, -0.25) is 10.1 Å². The first-order valence-electron chi connectivity index (χ1n) is 8.21. The topological polar surface area (TPSA) is 81.5 Å². The molecule has 0 aliphatic heterocycles. The molecule has 0 heterocycles. The van der Waals surface area contributed by atoms with Gasteiger partial charge in [-0.2, -0.15) is 0 Å². The van der Waals surface area contributed by atoms with Gasteiger partial charge in [-0.05, 0) is 50.6 Å². The van der Waals surface area contributed by atoms with Gasteiger partial charge in [0.25, 0.3) is 6.04 Å². The van der Waals surface area contributed by atoms with Crippen LogP contribution < -0.4 is 5.32 Å². The van der Waals surface area contributed by atoms with Crippen molar-refractivity contribution in [2.75, 3.05) is 0 Å². The van der Waals surface area contributed by atoms with Crippen LogP contribution in [0, 0.1) is 10.1 Å². The predicted molar refractivity (Wildman–Crippen MR) is 107 cm³/mol. The third-order valence-electron chi connectivity index (χ3n) is 3.66. The molecular formula is C19H20BrClN2O4. The number of nitrogens with one attached hydrogen (secondary N) is 1. The number of hydrogen-bond donors (Lipinski definition) is 1. The lowest BCUT2D eigenvalue weighted by molar-refractivity contribution is -0.534. The number of carbonyl (C=O) groups excluding carboxylic acids is 1. The number of benzene rings is 2. The molecular weight excluding hydrogens is 436 g/mol. The van der Waals surface area contributed by atoms with Crippen molar-refractivity contribution in [3.05, 3.63) is 79.3 Å². The minimum atomic E-state index is -1.21. The molecule has 27 heavy (non-hydrogen) atoms. The maximum Gasteiger partial charge on any atom is 0.408 e. The maximum absolute atomic E-state index is 12.3. The van der Waals surface area contributed by atoms with Crippen molar-refractivity contribution in [1.82, 2.24) is 5.32 Å². The second-order valence-electron chi connectivity index (χ2n) is 6.96. The van der Waals surface area contributed by atoms with Crippen molar-refractivity contribution >= 4 is 33.6 Å². The molecule has 0 fully saturated rings. The average Bonchev–Trinajstić information content (AvgIpc) is 2.55. The van der Waals surface area contributed by atoms with Gasteiger partial charge in [0.2, 0.25) is 0 Å². The van der Waals surface area contributed by atoms with Crippen molar-refractivity contribution in [3.8, 4) is 0 Å². The molecule has 0 aliphatic carbocycles. The molecule has 2 rings (SSSR count). The third-order valence-corrected chi connectivity index (χ3v) is 4.44. The quantitative estimate of drug-likeness (QED) is 0.464. The van der Waals surface area contributed by atoms with E-state index >= 15 is 0 Å². The van der Waals surface area contributed by atoms with Gasteiger partial charge < -0.3 is 10.1 Å². The number of hydrogen-bond acceptors (Lipinski definition) is 4. The van der Waals surface area contributed by atoms with Crippen molar-refractivity contribution in [2.45, 2.75) is 38.5 Å². The van der Waals surface area contributed by atoms with Crippen molar-refractivity contribution in [3.63, 3.8) is 0 Å². The van der Waals surface area contributed by atoms with Crippen LogP contribution in [0.2, 0.25) is 5.02 Å². The lowest BCUT2D eigenvalue weighted by Gasteiger charge is -2.26. The molecule has 0 aromatic heterocycles. The summed E-state index contributed by atoms with van der Waals surface area (Å²) in [5, 5.41) is 15.0. The Morgan fingerprint density at radius 1 is 1.11 bits per heavy atom.